The van der Waals surface area contributed by atoms with Crippen LogP contribution in [0.25, 0.3) is 10.8 Å². The second kappa shape index (κ2) is 8.71. The quantitative estimate of drug-likeness (QED) is 0.333. The molecule has 0 saturated carbocycles. The van der Waals surface area contributed by atoms with Gasteiger partial charge in [-0.1, -0.05) is 66.2 Å². The normalized spacial score (nSPS) is 10.9. The number of hydrogen-bond acceptors (Lipinski definition) is 2. The Morgan fingerprint density at radius 3 is 2.52 bits per heavy atom. The fourth-order valence-corrected chi connectivity index (χ4v) is 4.10. The predicted octanol–water partition coefficient (Wildman–Crippen LogP) is 7.41. The molecule has 0 saturated heterocycles. The lowest BCUT2D eigenvalue weighted by Crippen LogP contribution is -2.02. The summed E-state index contributed by atoms with van der Waals surface area (Å²) in [6, 6.07) is 27.5. The lowest BCUT2D eigenvalue weighted by molar-refractivity contribution is 0.305. The number of rotatable bonds is 6. The van der Waals surface area contributed by atoms with E-state index in [4.69, 9.17) is 4.74 Å². The number of fused-ring (bicyclic) bond motifs is 1. The molecule has 4 aromatic carbocycles. The summed E-state index contributed by atoms with van der Waals surface area (Å²) in [5, 5.41) is 5.99. The first kappa shape index (κ1) is 19.5. The first-order chi connectivity index (χ1) is 14.1. The van der Waals surface area contributed by atoms with Gasteiger partial charge in [0.1, 0.15) is 12.4 Å². The summed E-state index contributed by atoms with van der Waals surface area (Å²) in [4.78, 5) is 0. The minimum Gasteiger partial charge on any atom is -0.488 e. The molecule has 146 valence electrons. The van der Waals surface area contributed by atoms with Crippen LogP contribution < -0.4 is 10.1 Å². The summed E-state index contributed by atoms with van der Waals surface area (Å²) in [5.74, 6) is 0.855. The zero-order valence-corrected chi connectivity index (χ0v) is 18.3. The van der Waals surface area contributed by atoms with E-state index in [9.17, 15) is 0 Å². The van der Waals surface area contributed by atoms with Gasteiger partial charge < -0.3 is 10.1 Å². The maximum Gasteiger partial charge on any atom is 0.134 e. The standard InChI is InChI=1S/C26H24BrNO/c1-18-10-12-25(19(2)14-18)28-16-20-11-13-26(24(27)15-20)29-17-22-8-5-7-21-6-3-4-9-23(21)22/h3-15,28H,16-17H2,1-2H3. The molecule has 4 rings (SSSR count). The summed E-state index contributed by atoms with van der Waals surface area (Å²) in [6.07, 6.45) is 0. The molecule has 0 atom stereocenters. The molecule has 0 aliphatic heterocycles. The van der Waals surface area contributed by atoms with E-state index in [2.05, 4.69) is 108 Å². The van der Waals surface area contributed by atoms with Crippen LogP contribution in [0.1, 0.15) is 22.3 Å². The molecule has 0 amide bonds. The van der Waals surface area contributed by atoms with E-state index in [1.165, 1.54) is 38.7 Å². The van der Waals surface area contributed by atoms with E-state index < -0.39 is 0 Å². The highest BCUT2D eigenvalue weighted by Crippen LogP contribution is 2.28. The molecule has 0 aliphatic rings. The highest BCUT2D eigenvalue weighted by Gasteiger charge is 2.06. The average Bonchev–Trinajstić information content (AvgIpc) is 2.72. The zero-order valence-electron chi connectivity index (χ0n) is 16.7. The van der Waals surface area contributed by atoms with Crippen LogP contribution >= 0.6 is 15.9 Å². The molecule has 0 aliphatic carbocycles. The van der Waals surface area contributed by atoms with Gasteiger partial charge in [0.2, 0.25) is 0 Å². The molecule has 0 aromatic heterocycles. The number of hydrogen-bond donors (Lipinski definition) is 1. The molecular weight excluding hydrogens is 422 g/mol. The number of aryl methyl sites for hydroxylation is 2. The van der Waals surface area contributed by atoms with Crippen LogP contribution in [0.5, 0.6) is 5.75 Å². The van der Waals surface area contributed by atoms with Gasteiger partial charge in [-0.2, -0.15) is 0 Å². The van der Waals surface area contributed by atoms with Crippen LogP contribution in [0, 0.1) is 13.8 Å². The van der Waals surface area contributed by atoms with Crippen LogP contribution in [0.4, 0.5) is 5.69 Å². The van der Waals surface area contributed by atoms with Crippen molar-refractivity contribution >= 4 is 32.4 Å². The fourth-order valence-electron chi connectivity index (χ4n) is 3.55. The number of halogens is 1. The van der Waals surface area contributed by atoms with Crippen LogP contribution in [0.3, 0.4) is 0 Å². The zero-order chi connectivity index (χ0) is 20.2. The van der Waals surface area contributed by atoms with Gasteiger partial charge in [-0.25, -0.2) is 0 Å². The van der Waals surface area contributed by atoms with Gasteiger partial charge >= 0.3 is 0 Å². The third kappa shape index (κ3) is 4.63. The minimum atomic E-state index is 0.542. The number of nitrogens with one attached hydrogen (secondary N) is 1. The smallest absolute Gasteiger partial charge is 0.134 e. The van der Waals surface area contributed by atoms with Gasteiger partial charge in [0.15, 0.2) is 0 Å². The fraction of sp³-hybridized carbons (Fsp3) is 0.154. The molecule has 4 aromatic rings. The van der Waals surface area contributed by atoms with Crippen LogP contribution in [0.2, 0.25) is 0 Å². The highest BCUT2D eigenvalue weighted by atomic mass is 79.9. The Morgan fingerprint density at radius 1 is 0.862 bits per heavy atom. The second-order valence-corrected chi connectivity index (χ2v) is 8.22. The lowest BCUT2D eigenvalue weighted by Gasteiger charge is -2.13. The molecule has 1 N–H and O–H groups in total. The van der Waals surface area contributed by atoms with Gasteiger partial charge in [-0.05, 0) is 75.4 Å². The Hall–Kier alpha value is -2.78. The van der Waals surface area contributed by atoms with Gasteiger partial charge in [-0.3, -0.25) is 0 Å². The van der Waals surface area contributed by atoms with Crippen molar-refractivity contribution in [1.82, 2.24) is 0 Å². The van der Waals surface area contributed by atoms with Crippen molar-refractivity contribution in [2.45, 2.75) is 27.0 Å². The van der Waals surface area contributed by atoms with E-state index in [-0.39, 0.29) is 0 Å². The summed E-state index contributed by atoms with van der Waals surface area (Å²) in [6.45, 7) is 5.56. The molecule has 0 fully saturated rings. The predicted molar refractivity (Wildman–Crippen MR) is 126 cm³/mol. The van der Waals surface area contributed by atoms with Crippen LogP contribution in [-0.2, 0) is 13.2 Å². The van der Waals surface area contributed by atoms with Crippen LogP contribution in [0.15, 0.2) is 83.3 Å². The van der Waals surface area contributed by atoms with E-state index in [0.29, 0.717) is 6.61 Å². The second-order valence-electron chi connectivity index (χ2n) is 7.36. The molecule has 0 radical (unpaired) electrons. The van der Waals surface area contributed by atoms with Crippen molar-refractivity contribution in [2.24, 2.45) is 0 Å². The number of ether oxygens (including phenoxy) is 1. The van der Waals surface area contributed by atoms with Gasteiger partial charge in [0.05, 0.1) is 4.47 Å². The van der Waals surface area contributed by atoms with E-state index in [0.717, 1.165) is 16.8 Å². The molecule has 2 nitrogen and oxygen atoms in total. The third-order valence-corrected chi connectivity index (χ3v) is 5.74. The molecule has 0 unspecified atom stereocenters. The van der Waals surface area contributed by atoms with Crippen molar-refractivity contribution in [3.63, 3.8) is 0 Å². The molecule has 29 heavy (non-hydrogen) atoms. The van der Waals surface area contributed by atoms with Crippen molar-refractivity contribution in [3.8, 4) is 5.75 Å². The topological polar surface area (TPSA) is 21.3 Å². The van der Waals surface area contributed by atoms with E-state index in [1.807, 2.05) is 6.07 Å². The molecule has 0 spiro atoms. The summed E-state index contributed by atoms with van der Waals surface area (Å²) in [7, 11) is 0. The van der Waals surface area contributed by atoms with Gasteiger partial charge in [0.25, 0.3) is 0 Å². The largest absolute Gasteiger partial charge is 0.488 e. The summed E-state index contributed by atoms with van der Waals surface area (Å²) >= 11 is 3.67. The Balaban J connectivity index is 1.43. The van der Waals surface area contributed by atoms with Crippen LogP contribution in [-0.4, -0.2) is 0 Å². The van der Waals surface area contributed by atoms with Crippen molar-refractivity contribution in [1.29, 1.82) is 0 Å². The first-order valence-electron chi connectivity index (χ1n) is 9.79. The van der Waals surface area contributed by atoms with Gasteiger partial charge in [-0.15, -0.1) is 0 Å². The Morgan fingerprint density at radius 2 is 1.69 bits per heavy atom. The molecular formula is C26H24BrNO. The average molecular weight is 446 g/mol. The summed E-state index contributed by atoms with van der Waals surface area (Å²) in [5.41, 5.74) is 6.11. The van der Waals surface area contributed by atoms with Crippen molar-refractivity contribution < 1.29 is 4.74 Å². The maximum atomic E-state index is 6.11. The van der Waals surface area contributed by atoms with Gasteiger partial charge in [0, 0.05) is 12.2 Å². The first-order valence-corrected chi connectivity index (χ1v) is 10.6. The molecule has 3 heteroatoms. The summed E-state index contributed by atoms with van der Waals surface area (Å²) < 4.78 is 7.08. The lowest BCUT2D eigenvalue weighted by atomic mass is 10.1. The third-order valence-electron chi connectivity index (χ3n) is 5.12. The monoisotopic (exact) mass is 445 g/mol. The Bertz CT molecular complexity index is 1150. The van der Waals surface area contributed by atoms with Crippen molar-refractivity contribution in [2.75, 3.05) is 5.32 Å². The SMILES string of the molecule is Cc1ccc(NCc2ccc(OCc3cccc4ccccc34)c(Br)c2)c(C)c1. The van der Waals surface area contributed by atoms with E-state index in [1.54, 1.807) is 0 Å². The number of anilines is 1. The maximum absolute atomic E-state index is 6.11. The number of benzene rings is 4. The Kier molecular flexibility index (Phi) is 5.86. The highest BCUT2D eigenvalue weighted by molar-refractivity contribution is 9.10. The Labute approximate surface area is 180 Å². The van der Waals surface area contributed by atoms with Crippen molar-refractivity contribution in [3.05, 3.63) is 106 Å². The molecule has 0 heterocycles. The van der Waals surface area contributed by atoms with E-state index >= 15 is 0 Å². The minimum absolute atomic E-state index is 0.542. The molecule has 0 bridgehead atoms.